The molecule has 0 unspecified atom stereocenters. The maximum atomic E-state index is 11.6. The van der Waals surface area contributed by atoms with Gasteiger partial charge in [0.1, 0.15) is 6.61 Å². The van der Waals surface area contributed by atoms with Crippen LogP contribution in [-0.2, 0) is 25.6 Å². The second-order valence-electron chi connectivity index (χ2n) is 7.31. The molecule has 1 aromatic rings. The van der Waals surface area contributed by atoms with Crippen molar-refractivity contribution in [3.8, 4) is 0 Å². The lowest BCUT2D eigenvalue weighted by Gasteiger charge is -2.23. The lowest BCUT2D eigenvalue weighted by Crippen LogP contribution is -2.33. The summed E-state index contributed by atoms with van der Waals surface area (Å²) in [4.78, 5) is 24.5. The number of carboxylic acid groups (broad SMARTS) is 1. The van der Waals surface area contributed by atoms with Crippen LogP contribution in [-0.4, -0.2) is 85.1 Å². The van der Waals surface area contributed by atoms with Crippen molar-refractivity contribution in [3.05, 3.63) is 22.4 Å². The van der Waals surface area contributed by atoms with Gasteiger partial charge in [-0.05, 0) is 28.8 Å². The Kier molecular flexibility index (Phi) is 8.03. The van der Waals surface area contributed by atoms with Crippen molar-refractivity contribution in [2.24, 2.45) is 0 Å². The quantitative estimate of drug-likeness (QED) is 0.760. The molecule has 1 aromatic heterocycles. The van der Waals surface area contributed by atoms with E-state index in [4.69, 9.17) is 19.4 Å². The van der Waals surface area contributed by atoms with Gasteiger partial charge in [-0.3, -0.25) is 9.69 Å². The molecule has 2 aliphatic rings. The summed E-state index contributed by atoms with van der Waals surface area (Å²) in [6.07, 6.45) is -3.09. The zero-order chi connectivity index (χ0) is 21.7. The Morgan fingerprint density at radius 2 is 2.14 bits per heavy atom. The summed E-state index contributed by atoms with van der Waals surface area (Å²) in [6, 6.07) is 2.18. The van der Waals surface area contributed by atoms with E-state index in [1.54, 1.807) is 30.3 Å². The molecule has 3 heterocycles. The highest BCUT2D eigenvalue weighted by atomic mass is 32.1. The number of likely N-dealkylation sites (tertiary alicyclic amines) is 1. The first-order valence-electron chi connectivity index (χ1n) is 9.00. The van der Waals surface area contributed by atoms with Crippen molar-refractivity contribution in [1.82, 2.24) is 9.80 Å². The normalized spacial score (nSPS) is 24.4. The van der Waals surface area contributed by atoms with Gasteiger partial charge >= 0.3 is 12.1 Å². The van der Waals surface area contributed by atoms with Gasteiger partial charge in [0.25, 0.3) is 0 Å². The van der Waals surface area contributed by atoms with E-state index in [0.717, 1.165) is 32.5 Å². The monoisotopic (exact) mass is 438 g/mol. The molecule has 7 nitrogen and oxygen atoms in total. The second-order valence-corrected chi connectivity index (χ2v) is 8.09. The standard InChI is InChI=1S/C16H24N2O3S.C2HF3O2/c1-17(2)15(19)10-20-14-7-16(21-9-14)4-5-18(12-16)8-13-3-6-22-11-13;3-2(4,5)1(6)7/h3,6,11,14H,4-5,7-10,12H2,1-2H3;(H,6,7)/t14-,16+;/m1./s1. The Morgan fingerprint density at radius 1 is 1.45 bits per heavy atom. The highest BCUT2D eigenvalue weighted by Crippen LogP contribution is 2.36. The highest BCUT2D eigenvalue weighted by molar-refractivity contribution is 7.07. The summed E-state index contributed by atoms with van der Waals surface area (Å²) >= 11 is 1.74. The molecule has 0 radical (unpaired) electrons. The number of thiophene rings is 1. The van der Waals surface area contributed by atoms with E-state index < -0.39 is 12.1 Å². The molecule has 2 fully saturated rings. The number of ether oxygens (including phenoxy) is 2. The molecule has 2 aliphatic heterocycles. The number of carboxylic acids is 1. The molecule has 1 amide bonds. The van der Waals surface area contributed by atoms with Gasteiger partial charge in [0.05, 0.1) is 18.3 Å². The second kappa shape index (κ2) is 9.88. The zero-order valence-electron chi connectivity index (χ0n) is 16.3. The van der Waals surface area contributed by atoms with Gasteiger partial charge in [-0.1, -0.05) is 0 Å². The first-order chi connectivity index (χ1) is 13.5. The number of hydrogen-bond acceptors (Lipinski definition) is 6. The van der Waals surface area contributed by atoms with Crippen LogP contribution in [0.15, 0.2) is 16.8 Å². The van der Waals surface area contributed by atoms with E-state index in [-0.39, 0.29) is 24.2 Å². The van der Waals surface area contributed by atoms with Crippen molar-refractivity contribution in [3.63, 3.8) is 0 Å². The van der Waals surface area contributed by atoms with Crippen molar-refractivity contribution in [1.29, 1.82) is 0 Å². The predicted molar refractivity (Wildman–Crippen MR) is 99.6 cm³/mol. The minimum Gasteiger partial charge on any atom is -0.475 e. The van der Waals surface area contributed by atoms with Crippen LogP contribution in [0.4, 0.5) is 13.2 Å². The Hall–Kier alpha value is -1.69. The Labute approximate surface area is 171 Å². The van der Waals surface area contributed by atoms with E-state index in [0.29, 0.717) is 6.61 Å². The van der Waals surface area contributed by atoms with Crippen LogP contribution in [0.2, 0.25) is 0 Å². The molecule has 11 heteroatoms. The highest BCUT2D eigenvalue weighted by Gasteiger charge is 2.46. The molecule has 0 aromatic carbocycles. The van der Waals surface area contributed by atoms with Crippen LogP contribution in [0.3, 0.4) is 0 Å². The maximum Gasteiger partial charge on any atom is 0.490 e. The molecule has 0 saturated carbocycles. The summed E-state index contributed by atoms with van der Waals surface area (Å²) in [6.45, 7) is 3.78. The van der Waals surface area contributed by atoms with Crippen LogP contribution in [0.5, 0.6) is 0 Å². The third kappa shape index (κ3) is 7.25. The fourth-order valence-electron chi connectivity index (χ4n) is 3.22. The Morgan fingerprint density at radius 3 is 2.69 bits per heavy atom. The molecule has 0 aliphatic carbocycles. The number of rotatable bonds is 5. The van der Waals surface area contributed by atoms with Gasteiger partial charge < -0.3 is 19.5 Å². The minimum absolute atomic E-state index is 0.00598. The summed E-state index contributed by atoms with van der Waals surface area (Å²) in [7, 11) is 3.50. The Balaban J connectivity index is 0.000000370. The molecular weight excluding hydrogens is 413 g/mol. The third-order valence-electron chi connectivity index (χ3n) is 4.74. The molecular formula is C18H25F3N2O5S. The maximum absolute atomic E-state index is 11.6. The summed E-state index contributed by atoms with van der Waals surface area (Å²) in [5.41, 5.74) is 1.31. The molecule has 2 atom stereocenters. The number of amides is 1. The molecule has 2 saturated heterocycles. The fraction of sp³-hybridized carbons (Fsp3) is 0.667. The fourth-order valence-corrected chi connectivity index (χ4v) is 3.88. The minimum atomic E-state index is -5.08. The average Bonchev–Trinajstić information content (AvgIpc) is 3.36. The Bertz CT molecular complexity index is 684. The number of hydrogen-bond donors (Lipinski definition) is 1. The van der Waals surface area contributed by atoms with E-state index in [9.17, 15) is 18.0 Å². The number of carbonyl (C=O) groups excluding carboxylic acids is 1. The molecule has 1 spiro atoms. The lowest BCUT2D eigenvalue weighted by molar-refractivity contribution is -0.192. The summed E-state index contributed by atoms with van der Waals surface area (Å²) < 4.78 is 43.5. The number of carbonyl (C=O) groups is 2. The number of nitrogens with zero attached hydrogens (tertiary/aromatic N) is 2. The van der Waals surface area contributed by atoms with Crippen molar-refractivity contribution in [2.45, 2.75) is 37.3 Å². The first kappa shape index (κ1) is 23.6. The van der Waals surface area contributed by atoms with Crippen molar-refractivity contribution in [2.75, 3.05) is 40.4 Å². The van der Waals surface area contributed by atoms with E-state index in [1.807, 2.05) is 0 Å². The topological polar surface area (TPSA) is 79.3 Å². The lowest BCUT2D eigenvalue weighted by atomic mass is 9.98. The predicted octanol–water partition coefficient (Wildman–Crippen LogP) is 2.22. The molecule has 1 N–H and O–H groups in total. The number of halogens is 3. The SMILES string of the molecule is CN(C)C(=O)CO[C@H]1CO[C@@]2(CCN(Cc3ccsc3)C2)C1.O=C(O)C(F)(F)F. The number of aliphatic carboxylic acids is 1. The van der Waals surface area contributed by atoms with Crippen LogP contribution in [0, 0.1) is 0 Å². The summed E-state index contributed by atoms with van der Waals surface area (Å²) in [5.74, 6) is -2.75. The van der Waals surface area contributed by atoms with E-state index >= 15 is 0 Å². The van der Waals surface area contributed by atoms with Crippen LogP contribution >= 0.6 is 11.3 Å². The van der Waals surface area contributed by atoms with Gasteiger partial charge in [0.2, 0.25) is 5.91 Å². The van der Waals surface area contributed by atoms with Gasteiger partial charge in [0.15, 0.2) is 0 Å². The van der Waals surface area contributed by atoms with Crippen molar-refractivity contribution >= 4 is 23.2 Å². The number of likely N-dealkylation sites (N-methyl/N-ethyl adjacent to an activating group) is 1. The zero-order valence-corrected chi connectivity index (χ0v) is 17.1. The molecule has 29 heavy (non-hydrogen) atoms. The summed E-state index contributed by atoms with van der Waals surface area (Å²) in [5, 5.41) is 11.5. The largest absolute Gasteiger partial charge is 0.490 e. The van der Waals surface area contributed by atoms with E-state index in [1.165, 1.54) is 5.56 Å². The van der Waals surface area contributed by atoms with Gasteiger partial charge in [0, 0.05) is 40.2 Å². The van der Waals surface area contributed by atoms with Crippen LogP contribution in [0.1, 0.15) is 18.4 Å². The molecule has 3 rings (SSSR count). The van der Waals surface area contributed by atoms with Gasteiger partial charge in [-0.2, -0.15) is 24.5 Å². The van der Waals surface area contributed by atoms with Crippen LogP contribution < -0.4 is 0 Å². The first-order valence-corrected chi connectivity index (χ1v) is 9.94. The van der Waals surface area contributed by atoms with Gasteiger partial charge in [-0.25, -0.2) is 4.79 Å². The molecule has 164 valence electrons. The van der Waals surface area contributed by atoms with Crippen molar-refractivity contribution < 1.29 is 37.3 Å². The van der Waals surface area contributed by atoms with E-state index in [2.05, 4.69) is 21.7 Å². The van der Waals surface area contributed by atoms with Gasteiger partial charge in [-0.15, -0.1) is 0 Å². The smallest absolute Gasteiger partial charge is 0.475 e. The third-order valence-corrected chi connectivity index (χ3v) is 5.47. The van der Waals surface area contributed by atoms with Crippen LogP contribution in [0.25, 0.3) is 0 Å². The number of alkyl halides is 3. The molecule has 0 bridgehead atoms. The average molecular weight is 438 g/mol.